The maximum absolute atomic E-state index is 12.5. The fraction of sp³-hybridized carbons (Fsp3) is 0.286. The van der Waals surface area contributed by atoms with E-state index >= 15 is 0 Å². The van der Waals surface area contributed by atoms with E-state index < -0.39 is 0 Å². The van der Waals surface area contributed by atoms with Crippen LogP contribution in [0.25, 0.3) is 11.6 Å². The number of unbranched alkanes of at least 4 members (excludes halogenated alkanes) is 2. The molecule has 0 saturated carbocycles. The standard InChI is InChI=1S/C21H22O2/c1-2-3-5-14-20-19(16-10-6-4-7-11-16)15-17-12-8-9-13-18(17)21(22)23-20/h4,6-13,15,20H,2-3,5,14H2,1H3. The van der Waals surface area contributed by atoms with Crippen LogP contribution in [0.3, 0.4) is 0 Å². The van der Waals surface area contributed by atoms with Gasteiger partial charge in [0.05, 0.1) is 5.56 Å². The van der Waals surface area contributed by atoms with Crippen molar-refractivity contribution in [2.24, 2.45) is 0 Å². The van der Waals surface area contributed by atoms with Gasteiger partial charge >= 0.3 is 5.97 Å². The lowest BCUT2D eigenvalue weighted by atomic mass is 9.94. The lowest BCUT2D eigenvalue weighted by molar-refractivity contribution is 0.0398. The Hall–Kier alpha value is -2.35. The number of esters is 1. The Morgan fingerprint density at radius 3 is 2.48 bits per heavy atom. The number of ether oxygens (including phenoxy) is 1. The number of rotatable bonds is 5. The van der Waals surface area contributed by atoms with E-state index in [1.54, 1.807) is 0 Å². The fourth-order valence-corrected chi connectivity index (χ4v) is 3.02. The molecule has 1 aliphatic rings. The summed E-state index contributed by atoms with van der Waals surface area (Å²) in [6, 6.07) is 17.9. The maximum Gasteiger partial charge on any atom is 0.339 e. The third-order valence-electron chi connectivity index (χ3n) is 4.26. The van der Waals surface area contributed by atoms with Crippen molar-refractivity contribution >= 4 is 17.6 Å². The molecule has 2 heteroatoms. The topological polar surface area (TPSA) is 26.3 Å². The number of carbonyl (C=O) groups is 1. The normalized spacial score (nSPS) is 17.0. The highest BCUT2D eigenvalue weighted by molar-refractivity contribution is 5.99. The number of benzene rings is 2. The summed E-state index contributed by atoms with van der Waals surface area (Å²) in [6.07, 6.45) is 6.19. The van der Waals surface area contributed by atoms with Gasteiger partial charge in [0.1, 0.15) is 6.10 Å². The van der Waals surface area contributed by atoms with Crippen LogP contribution in [0.4, 0.5) is 0 Å². The highest BCUT2D eigenvalue weighted by Gasteiger charge is 2.26. The SMILES string of the molecule is CCCCCC1OC(=O)c2ccccc2C=C1c1ccccc1. The fourth-order valence-electron chi connectivity index (χ4n) is 3.02. The van der Waals surface area contributed by atoms with E-state index in [4.69, 9.17) is 4.74 Å². The van der Waals surface area contributed by atoms with Gasteiger partial charge in [-0.15, -0.1) is 0 Å². The van der Waals surface area contributed by atoms with E-state index in [2.05, 4.69) is 25.1 Å². The first-order chi connectivity index (χ1) is 11.3. The summed E-state index contributed by atoms with van der Waals surface area (Å²) in [5.41, 5.74) is 3.81. The first-order valence-corrected chi connectivity index (χ1v) is 8.36. The summed E-state index contributed by atoms with van der Waals surface area (Å²) in [5, 5.41) is 0. The third-order valence-corrected chi connectivity index (χ3v) is 4.26. The van der Waals surface area contributed by atoms with Crippen LogP contribution in [0, 0.1) is 0 Å². The van der Waals surface area contributed by atoms with E-state index in [0.29, 0.717) is 5.56 Å². The van der Waals surface area contributed by atoms with Crippen molar-refractivity contribution in [1.29, 1.82) is 0 Å². The molecule has 1 atom stereocenters. The van der Waals surface area contributed by atoms with E-state index in [1.165, 1.54) is 0 Å². The summed E-state index contributed by atoms with van der Waals surface area (Å²) >= 11 is 0. The maximum atomic E-state index is 12.5. The predicted octanol–water partition coefficient (Wildman–Crippen LogP) is 5.35. The van der Waals surface area contributed by atoms with Gasteiger partial charge in [0.25, 0.3) is 0 Å². The van der Waals surface area contributed by atoms with Gasteiger partial charge < -0.3 is 4.74 Å². The van der Waals surface area contributed by atoms with Crippen LogP contribution in [-0.2, 0) is 4.74 Å². The van der Waals surface area contributed by atoms with Gasteiger partial charge in [-0.3, -0.25) is 0 Å². The van der Waals surface area contributed by atoms with Crippen molar-refractivity contribution in [3.63, 3.8) is 0 Å². The first-order valence-electron chi connectivity index (χ1n) is 8.36. The van der Waals surface area contributed by atoms with Crippen LogP contribution in [0.5, 0.6) is 0 Å². The van der Waals surface area contributed by atoms with Crippen molar-refractivity contribution in [3.05, 3.63) is 71.3 Å². The Balaban J connectivity index is 2.01. The second-order valence-corrected chi connectivity index (χ2v) is 5.94. The second-order valence-electron chi connectivity index (χ2n) is 5.94. The summed E-state index contributed by atoms with van der Waals surface area (Å²) in [6.45, 7) is 2.18. The molecule has 0 amide bonds. The average molecular weight is 306 g/mol. The summed E-state index contributed by atoms with van der Waals surface area (Å²) in [5.74, 6) is -0.218. The molecule has 3 rings (SSSR count). The first kappa shape index (κ1) is 15.5. The van der Waals surface area contributed by atoms with Crippen LogP contribution in [-0.4, -0.2) is 12.1 Å². The van der Waals surface area contributed by atoms with Crippen LogP contribution in [0.1, 0.15) is 54.1 Å². The molecule has 0 bridgehead atoms. The van der Waals surface area contributed by atoms with Crippen molar-refractivity contribution < 1.29 is 9.53 Å². The monoisotopic (exact) mass is 306 g/mol. The molecular weight excluding hydrogens is 284 g/mol. The highest BCUT2D eigenvalue weighted by atomic mass is 16.5. The smallest absolute Gasteiger partial charge is 0.339 e. The van der Waals surface area contributed by atoms with E-state index in [-0.39, 0.29) is 12.1 Å². The van der Waals surface area contributed by atoms with Gasteiger partial charge in [-0.25, -0.2) is 4.79 Å². The highest BCUT2D eigenvalue weighted by Crippen LogP contribution is 2.32. The van der Waals surface area contributed by atoms with Gasteiger partial charge in [-0.2, -0.15) is 0 Å². The molecule has 23 heavy (non-hydrogen) atoms. The lowest BCUT2D eigenvalue weighted by Gasteiger charge is -2.19. The number of hydrogen-bond donors (Lipinski definition) is 0. The van der Waals surface area contributed by atoms with Crippen molar-refractivity contribution in [1.82, 2.24) is 0 Å². The second kappa shape index (κ2) is 7.28. The molecule has 0 N–H and O–H groups in total. The van der Waals surface area contributed by atoms with Gasteiger partial charge in [-0.05, 0) is 36.1 Å². The number of cyclic esters (lactones) is 1. The minimum atomic E-state index is -0.218. The van der Waals surface area contributed by atoms with Crippen LogP contribution in [0.2, 0.25) is 0 Å². The lowest BCUT2D eigenvalue weighted by Crippen LogP contribution is -2.18. The molecule has 118 valence electrons. The molecule has 2 aromatic rings. The van der Waals surface area contributed by atoms with E-state index in [0.717, 1.165) is 42.4 Å². The minimum absolute atomic E-state index is 0.177. The minimum Gasteiger partial charge on any atom is -0.454 e. The van der Waals surface area contributed by atoms with Gasteiger partial charge in [0.15, 0.2) is 0 Å². The van der Waals surface area contributed by atoms with Gasteiger partial charge in [0, 0.05) is 5.57 Å². The molecule has 0 aromatic heterocycles. The number of fused-ring (bicyclic) bond motifs is 1. The quantitative estimate of drug-likeness (QED) is 0.550. The zero-order chi connectivity index (χ0) is 16.1. The molecule has 0 saturated heterocycles. The molecule has 0 fully saturated rings. The van der Waals surface area contributed by atoms with Crippen LogP contribution >= 0.6 is 0 Å². The third kappa shape index (κ3) is 3.53. The number of hydrogen-bond acceptors (Lipinski definition) is 2. The summed E-state index contributed by atoms with van der Waals surface area (Å²) < 4.78 is 5.84. The number of carbonyl (C=O) groups excluding carboxylic acids is 1. The Bertz CT molecular complexity index is 701. The molecule has 0 radical (unpaired) electrons. The molecule has 2 aromatic carbocycles. The molecule has 1 unspecified atom stereocenters. The van der Waals surface area contributed by atoms with Crippen molar-refractivity contribution in [2.75, 3.05) is 0 Å². The van der Waals surface area contributed by atoms with Crippen molar-refractivity contribution in [2.45, 2.75) is 38.7 Å². The zero-order valence-electron chi connectivity index (χ0n) is 13.5. The summed E-state index contributed by atoms with van der Waals surface area (Å²) in [4.78, 5) is 12.5. The molecular formula is C21H22O2. The Labute approximate surface area is 137 Å². The Morgan fingerprint density at radius 2 is 1.70 bits per heavy atom. The average Bonchev–Trinajstić information content (AvgIpc) is 2.73. The summed E-state index contributed by atoms with van der Waals surface area (Å²) in [7, 11) is 0. The molecule has 0 spiro atoms. The molecule has 1 heterocycles. The van der Waals surface area contributed by atoms with E-state index in [9.17, 15) is 4.79 Å². The van der Waals surface area contributed by atoms with Crippen LogP contribution in [0.15, 0.2) is 54.6 Å². The van der Waals surface area contributed by atoms with Gasteiger partial charge in [-0.1, -0.05) is 68.3 Å². The Kier molecular flexibility index (Phi) is 4.92. The van der Waals surface area contributed by atoms with E-state index in [1.807, 2.05) is 42.5 Å². The zero-order valence-corrected chi connectivity index (χ0v) is 13.5. The van der Waals surface area contributed by atoms with Crippen molar-refractivity contribution in [3.8, 4) is 0 Å². The van der Waals surface area contributed by atoms with Gasteiger partial charge in [0.2, 0.25) is 0 Å². The predicted molar refractivity (Wildman–Crippen MR) is 94.1 cm³/mol. The molecule has 0 aliphatic carbocycles. The Morgan fingerprint density at radius 1 is 0.957 bits per heavy atom. The molecule has 1 aliphatic heterocycles. The molecule has 2 nitrogen and oxygen atoms in total. The largest absolute Gasteiger partial charge is 0.454 e. The van der Waals surface area contributed by atoms with Crippen LogP contribution < -0.4 is 0 Å².